The Morgan fingerprint density at radius 2 is 1.95 bits per heavy atom. The average Bonchev–Trinajstić information content (AvgIpc) is 2.42. The lowest BCUT2D eigenvalue weighted by molar-refractivity contribution is 0.419. The van der Waals surface area contributed by atoms with Crippen LogP contribution < -0.4 is 10.1 Å². The van der Waals surface area contributed by atoms with Crippen molar-refractivity contribution in [2.75, 3.05) is 11.9 Å². The van der Waals surface area contributed by atoms with E-state index in [9.17, 15) is 8.78 Å². The second-order valence-electron chi connectivity index (χ2n) is 3.83. The number of hydrogen-bond acceptors (Lipinski definition) is 4. The van der Waals surface area contributed by atoms with Crippen LogP contribution in [0.1, 0.15) is 13.3 Å². The molecule has 100 valence electrons. The van der Waals surface area contributed by atoms with Gasteiger partial charge in [0.1, 0.15) is 11.6 Å². The molecule has 1 N–H and O–H groups in total. The van der Waals surface area contributed by atoms with E-state index in [2.05, 4.69) is 15.3 Å². The molecule has 0 atom stereocenters. The van der Waals surface area contributed by atoms with Gasteiger partial charge in [-0.05, 0) is 30.7 Å². The quantitative estimate of drug-likeness (QED) is 0.900. The van der Waals surface area contributed by atoms with Crippen LogP contribution in [0.3, 0.4) is 0 Å². The van der Waals surface area contributed by atoms with Crippen LogP contribution >= 0.6 is 0 Å². The fourth-order valence-corrected chi connectivity index (χ4v) is 1.36. The van der Waals surface area contributed by atoms with Gasteiger partial charge in [0.25, 0.3) is 5.88 Å². The minimum atomic E-state index is -0.675. The first kappa shape index (κ1) is 13.2. The van der Waals surface area contributed by atoms with Crippen molar-refractivity contribution < 1.29 is 13.5 Å². The summed E-state index contributed by atoms with van der Waals surface area (Å²) in [6, 6.07) is 5.25. The molecule has 2 rings (SSSR count). The highest BCUT2D eigenvalue weighted by Crippen LogP contribution is 2.22. The lowest BCUT2D eigenvalue weighted by Gasteiger charge is -2.08. The van der Waals surface area contributed by atoms with Gasteiger partial charge in [0.05, 0.1) is 6.20 Å². The zero-order valence-electron chi connectivity index (χ0n) is 10.4. The van der Waals surface area contributed by atoms with Gasteiger partial charge in [-0.25, -0.2) is 9.37 Å². The minimum absolute atomic E-state index is 0.194. The van der Waals surface area contributed by atoms with Crippen LogP contribution in [0.15, 0.2) is 30.5 Å². The summed E-state index contributed by atoms with van der Waals surface area (Å²) in [5, 5.41) is 2.93. The highest BCUT2D eigenvalue weighted by Gasteiger charge is 2.09. The van der Waals surface area contributed by atoms with Gasteiger partial charge < -0.3 is 10.1 Å². The zero-order chi connectivity index (χ0) is 13.7. The topological polar surface area (TPSA) is 47.0 Å². The maximum atomic E-state index is 13.5. The van der Waals surface area contributed by atoms with Crippen molar-refractivity contribution >= 4 is 5.95 Å². The molecule has 6 heteroatoms. The van der Waals surface area contributed by atoms with Crippen molar-refractivity contribution in [3.05, 3.63) is 42.1 Å². The van der Waals surface area contributed by atoms with Gasteiger partial charge in [-0.2, -0.15) is 9.37 Å². The number of benzene rings is 1. The third-order valence-electron chi connectivity index (χ3n) is 2.27. The van der Waals surface area contributed by atoms with Gasteiger partial charge in [-0.1, -0.05) is 6.92 Å². The van der Waals surface area contributed by atoms with Crippen LogP contribution in [-0.4, -0.2) is 16.5 Å². The molecule has 2 aromatic rings. The van der Waals surface area contributed by atoms with Crippen molar-refractivity contribution in [1.29, 1.82) is 0 Å². The number of halogens is 2. The highest BCUT2D eigenvalue weighted by atomic mass is 19.1. The van der Waals surface area contributed by atoms with Gasteiger partial charge in [0, 0.05) is 6.54 Å². The van der Waals surface area contributed by atoms with Crippen LogP contribution in [0.4, 0.5) is 14.7 Å². The maximum absolute atomic E-state index is 13.5. The Morgan fingerprint density at radius 3 is 2.63 bits per heavy atom. The summed E-state index contributed by atoms with van der Waals surface area (Å²) in [7, 11) is 0. The summed E-state index contributed by atoms with van der Waals surface area (Å²) in [6.45, 7) is 2.67. The van der Waals surface area contributed by atoms with E-state index in [1.54, 1.807) is 0 Å². The molecule has 0 saturated carbocycles. The van der Waals surface area contributed by atoms with Crippen molar-refractivity contribution in [3.8, 4) is 11.6 Å². The highest BCUT2D eigenvalue weighted by molar-refractivity contribution is 5.32. The lowest BCUT2D eigenvalue weighted by Crippen LogP contribution is -2.05. The van der Waals surface area contributed by atoms with E-state index < -0.39 is 5.82 Å². The monoisotopic (exact) mass is 265 g/mol. The predicted octanol–water partition coefficient (Wildman–Crippen LogP) is 3.37. The molecule has 0 aliphatic rings. The third-order valence-corrected chi connectivity index (χ3v) is 2.27. The number of aromatic nitrogens is 2. The van der Waals surface area contributed by atoms with Crippen molar-refractivity contribution in [1.82, 2.24) is 9.97 Å². The Morgan fingerprint density at radius 1 is 1.21 bits per heavy atom. The molecule has 0 bridgehead atoms. The summed E-state index contributed by atoms with van der Waals surface area (Å²) >= 11 is 0. The molecule has 4 nitrogen and oxygen atoms in total. The molecule has 0 radical (unpaired) electrons. The molecule has 0 spiro atoms. The standard InChI is InChI=1S/C13H13F2N3O/c1-2-7-16-13-17-8-11(15)12(18-13)19-10-5-3-9(14)4-6-10/h3-6,8H,2,7H2,1H3,(H,16,17,18). The molecular weight excluding hydrogens is 252 g/mol. The molecule has 0 fully saturated rings. The smallest absolute Gasteiger partial charge is 0.260 e. The lowest BCUT2D eigenvalue weighted by atomic mass is 10.3. The molecule has 1 aromatic heterocycles. The minimum Gasteiger partial charge on any atom is -0.436 e. The van der Waals surface area contributed by atoms with Crippen molar-refractivity contribution in [2.24, 2.45) is 0 Å². The molecule has 1 aromatic carbocycles. The Hall–Kier alpha value is -2.24. The van der Waals surface area contributed by atoms with Crippen LogP contribution in [0.2, 0.25) is 0 Å². The fourth-order valence-electron chi connectivity index (χ4n) is 1.36. The van der Waals surface area contributed by atoms with E-state index in [4.69, 9.17) is 4.74 Å². The number of hydrogen-bond donors (Lipinski definition) is 1. The van der Waals surface area contributed by atoms with Gasteiger partial charge >= 0.3 is 0 Å². The summed E-state index contributed by atoms with van der Waals surface area (Å²) in [4.78, 5) is 7.71. The van der Waals surface area contributed by atoms with Crippen LogP contribution in [-0.2, 0) is 0 Å². The van der Waals surface area contributed by atoms with Crippen molar-refractivity contribution in [2.45, 2.75) is 13.3 Å². The molecule has 19 heavy (non-hydrogen) atoms. The van der Waals surface area contributed by atoms with Crippen LogP contribution in [0, 0.1) is 11.6 Å². The summed E-state index contributed by atoms with van der Waals surface area (Å²) in [5.74, 6) is -0.659. The SMILES string of the molecule is CCCNc1ncc(F)c(Oc2ccc(F)cc2)n1. The Labute approximate surface area is 109 Å². The molecular formula is C13H13F2N3O. The molecule has 0 saturated heterocycles. The third kappa shape index (κ3) is 3.61. The molecule has 1 heterocycles. The number of nitrogens with one attached hydrogen (secondary N) is 1. The fraction of sp³-hybridized carbons (Fsp3) is 0.231. The molecule has 0 amide bonds. The number of anilines is 1. The normalized spacial score (nSPS) is 10.3. The zero-order valence-corrected chi connectivity index (χ0v) is 10.4. The average molecular weight is 265 g/mol. The number of nitrogens with zero attached hydrogens (tertiary/aromatic N) is 2. The van der Waals surface area contributed by atoms with Gasteiger partial charge in [-0.15, -0.1) is 0 Å². The second-order valence-corrected chi connectivity index (χ2v) is 3.83. The molecule has 0 unspecified atom stereocenters. The summed E-state index contributed by atoms with van der Waals surface area (Å²) in [6.07, 6.45) is 1.93. The summed E-state index contributed by atoms with van der Waals surface area (Å²) in [5.41, 5.74) is 0. The van der Waals surface area contributed by atoms with Gasteiger partial charge in [0.15, 0.2) is 0 Å². The largest absolute Gasteiger partial charge is 0.436 e. The Balaban J connectivity index is 2.16. The predicted molar refractivity (Wildman–Crippen MR) is 67.2 cm³/mol. The second kappa shape index (κ2) is 6.08. The Bertz CT molecular complexity index is 546. The van der Waals surface area contributed by atoms with E-state index in [1.165, 1.54) is 24.3 Å². The molecule has 0 aliphatic carbocycles. The Kier molecular flexibility index (Phi) is 4.22. The van der Waals surface area contributed by atoms with E-state index >= 15 is 0 Å². The number of rotatable bonds is 5. The van der Waals surface area contributed by atoms with E-state index in [1.807, 2.05) is 6.92 Å². The first-order valence-electron chi connectivity index (χ1n) is 5.89. The first-order chi connectivity index (χ1) is 9.19. The van der Waals surface area contributed by atoms with Crippen LogP contribution in [0.25, 0.3) is 0 Å². The van der Waals surface area contributed by atoms with Gasteiger partial charge in [0.2, 0.25) is 11.8 Å². The summed E-state index contributed by atoms with van der Waals surface area (Å²) < 4.78 is 31.5. The number of ether oxygens (including phenoxy) is 1. The van der Waals surface area contributed by atoms with Crippen LogP contribution in [0.5, 0.6) is 11.6 Å². The molecule has 0 aliphatic heterocycles. The van der Waals surface area contributed by atoms with E-state index in [0.29, 0.717) is 18.2 Å². The first-order valence-corrected chi connectivity index (χ1v) is 5.89. The maximum Gasteiger partial charge on any atom is 0.260 e. The van der Waals surface area contributed by atoms with E-state index in [-0.39, 0.29) is 11.7 Å². The van der Waals surface area contributed by atoms with Crippen molar-refractivity contribution in [3.63, 3.8) is 0 Å². The van der Waals surface area contributed by atoms with Gasteiger partial charge in [-0.3, -0.25) is 0 Å². The van der Waals surface area contributed by atoms with E-state index in [0.717, 1.165) is 12.6 Å².